The molecule has 0 radical (unpaired) electrons. The van der Waals surface area contributed by atoms with Crippen LogP contribution in [-0.2, 0) is 0 Å². The lowest BCUT2D eigenvalue weighted by Crippen LogP contribution is -2.11. The summed E-state index contributed by atoms with van der Waals surface area (Å²) in [6.07, 6.45) is 0. The highest BCUT2D eigenvalue weighted by Gasteiger charge is 2.13. The maximum atomic E-state index is 14.4. The molecule has 94 valence electrons. The number of benzene rings is 2. The number of hydrogen-bond acceptors (Lipinski definition) is 1. The third-order valence-corrected chi connectivity index (χ3v) is 3.24. The van der Waals surface area contributed by atoms with Gasteiger partial charge in [0.25, 0.3) is 0 Å². The fourth-order valence-electron chi connectivity index (χ4n) is 1.78. The van der Waals surface area contributed by atoms with Crippen LogP contribution in [0.5, 0.6) is 0 Å². The van der Waals surface area contributed by atoms with Gasteiger partial charge in [0.2, 0.25) is 0 Å². The van der Waals surface area contributed by atoms with Crippen molar-refractivity contribution in [3.8, 4) is 11.1 Å². The Balaban J connectivity index is 2.64. The zero-order valence-electron chi connectivity index (χ0n) is 10.0. The Morgan fingerprint density at radius 2 is 1.72 bits per heavy atom. The van der Waals surface area contributed by atoms with E-state index in [1.165, 1.54) is 0 Å². The fraction of sp³-hybridized carbons (Fsp3) is 0.143. The van der Waals surface area contributed by atoms with Crippen LogP contribution in [0.4, 0.5) is 10.1 Å². The minimum absolute atomic E-state index is 0.299. The van der Waals surface area contributed by atoms with Gasteiger partial charge in [-0.25, -0.2) is 4.39 Å². The van der Waals surface area contributed by atoms with E-state index in [0.717, 1.165) is 0 Å². The van der Waals surface area contributed by atoms with E-state index in [4.69, 9.17) is 23.2 Å². The zero-order valence-corrected chi connectivity index (χ0v) is 11.6. The van der Waals surface area contributed by atoms with Crippen molar-refractivity contribution in [2.24, 2.45) is 0 Å². The summed E-state index contributed by atoms with van der Waals surface area (Å²) >= 11 is 12.0. The second-order valence-corrected chi connectivity index (χ2v) is 5.00. The second-order valence-electron chi connectivity index (χ2n) is 4.16. The van der Waals surface area contributed by atoms with Crippen LogP contribution in [0.2, 0.25) is 10.0 Å². The molecule has 0 atom stereocenters. The van der Waals surface area contributed by atoms with Crippen molar-refractivity contribution in [1.82, 2.24) is 0 Å². The lowest BCUT2D eigenvalue weighted by atomic mass is 10.0. The van der Waals surface area contributed by atoms with Crippen molar-refractivity contribution in [3.05, 3.63) is 52.3 Å². The molecule has 18 heavy (non-hydrogen) atoms. The topological polar surface area (TPSA) is 3.24 Å². The van der Waals surface area contributed by atoms with Crippen LogP contribution >= 0.6 is 23.2 Å². The average molecular weight is 284 g/mol. The summed E-state index contributed by atoms with van der Waals surface area (Å²) in [6.45, 7) is 0. The number of hydrogen-bond donors (Lipinski definition) is 0. The zero-order chi connectivity index (χ0) is 13.3. The molecule has 0 saturated heterocycles. The maximum Gasteiger partial charge on any atom is 0.154 e. The summed E-state index contributed by atoms with van der Waals surface area (Å²) in [6, 6.07) is 10.2. The standard InChI is InChI=1S/C14H12Cl2FN/c1-18(2)13-5-3-4-10(14(13)17)11-8-9(15)6-7-12(11)16/h3-8H,1-2H3. The first-order chi connectivity index (χ1) is 8.50. The van der Waals surface area contributed by atoms with E-state index in [1.54, 1.807) is 55.4 Å². The first kappa shape index (κ1) is 13.2. The van der Waals surface area contributed by atoms with Gasteiger partial charge in [-0.3, -0.25) is 0 Å². The van der Waals surface area contributed by atoms with Crippen molar-refractivity contribution in [3.63, 3.8) is 0 Å². The third kappa shape index (κ3) is 2.45. The number of halogens is 3. The molecular weight excluding hydrogens is 272 g/mol. The van der Waals surface area contributed by atoms with E-state index in [-0.39, 0.29) is 5.82 Å². The van der Waals surface area contributed by atoms with Crippen LogP contribution in [-0.4, -0.2) is 14.1 Å². The summed E-state index contributed by atoms with van der Waals surface area (Å²) in [5.41, 5.74) is 1.57. The second kappa shape index (κ2) is 5.17. The highest BCUT2D eigenvalue weighted by atomic mass is 35.5. The number of anilines is 1. The van der Waals surface area contributed by atoms with Crippen LogP contribution < -0.4 is 4.90 Å². The molecule has 0 bridgehead atoms. The van der Waals surface area contributed by atoms with E-state index in [9.17, 15) is 4.39 Å². The Kier molecular flexibility index (Phi) is 3.79. The minimum Gasteiger partial charge on any atom is -0.375 e. The Morgan fingerprint density at radius 3 is 2.39 bits per heavy atom. The Morgan fingerprint density at radius 1 is 1.00 bits per heavy atom. The molecule has 0 fully saturated rings. The molecule has 0 unspecified atom stereocenters. The van der Waals surface area contributed by atoms with E-state index < -0.39 is 0 Å². The monoisotopic (exact) mass is 283 g/mol. The van der Waals surface area contributed by atoms with Gasteiger partial charge in [-0.15, -0.1) is 0 Å². The molecule has 0 heterocycles. The van der Waals surface area contributed by atoms with Crippen LogP contribution in [0.25, 0.3) is 11.1 Å². The van der Waals surface area contributed by atoms with Crippen molar-refractivity contribution in [2.75, 3.05) is 19.0 Å². The molecule has 2 aromatic rings. The molecule has 0 N–H and O–H groups in total. The average Bonchev–Trinajstić information content (AvgIpc) is 2.32. The molecule has 1 nitrogen and oxygen atoms in total. The fourth-order valence-corrected chi connectivity index (χ4v) is 2.17. The van der Waals surface area contributed by atoms with Crippen molar-refractivity contribution in [2.45, 2.75) is 0 Å². The van der Waals surface area contributed by atoms with E-state index >= 15 is 0 Å². The van der Waals surface area contributed by atoms with E-state index in [1.807, 2.05) is 0 Å². The van der Waals surface area contributed by atoms with Gasteiger partial charge in [-0.2, -0.15) is 0 Å². The van der Waals surface area contributed by atoms with Gasteiger partial charge in [0.05, 0.1) is 5.69 Å². The number of rotatable bonds is 2. The smallest absolute Gasteiger partial charge is 0.154 e. The van der Waals surface area contributed by atoms with Crippen molar-refractivity contribution >= 4 is 28.9 Å². The summed E-state index contributed by atoms with van der Waals surface area (Å²) in [4.78, 5) is 1.72. The van der Waals surface area contributed by atoms with Gasteiger partial charge >= 0.3 is 0 Å². The predicted molar refractivity (Wildman–Crippen MR) is 76.2 cm³/mol. The molecule has 0 aliphatic rings. The Bertz CT molecular complexity index is 582. The quantitative estimate of drug-likeness (QED) is 0.760. The van der Waals surface area contributed by atoms with Gasteiger partial charge in [0.1, 0.15) is 0 Å². The predicted octanol–water partition coefficient (Wildman–Crippen LogP) is 4.87. The highest BCUT2D eigenvalue weighted by Crippen LogP contribution is 2.35. The van der Waals surface area contributed by atoms with Crippen LogP contribution in [0.3, 0.4) is 0 Å². The third-order valence-electron chi connectivity index (χ3n) is 2.68. The summed E-state index contributed by atoms with van der Waals surface area (Å²) in [7, 11) is 3.59. The van der Waals surface area contributed by atoms with Crippen molar-refractivity contribution < 1.29 is 4.39 Å². The normalized spacial score (nSPS) is 10.5. The molecule has 0 saturated carbocycles. The van der Waals surface area contributed by atoms with Gasteiger partial charge in [0.15, 0.2) is 5.82 Å². The van der Waals surface area contributed by atoms with E-state index in [0.29, 0.717) is 26.9 Å². The summed E-state index contributed by atoms with van der Waals surface area (Å²) in [5, 5.41) is 1.01. The molecule has 0 spiro atoms. The van der Waals surface area contributed by atoms with Gasteiger partial charge in [-0.05, 0) is 24.3 Å². The van der Waals surface area contributed by atoms with Crippen LogP contribution in [0.1, 0.15) is 0 Å². The first-order valence-corrected chi connectivity index (χ1v) is 6.17. The highest BCUT2D eigenvalue weighted by molar-refractivity contribution is 6.35. The van der Waals surface area contributed by atoms with Gasteiger partial charge < -0.3 is 4.90 Å². The molecule has 2 rings (SSSR count). The lowest BCUT2D eigenvalue weighted by Gasteiger charge is -2.16. The molecule has 2 aromatic carbocycles. The summed E-state index contributed by atoms with van der Waals surface area (Å²) < 4.78 is 14.4. The molecule has 0 aliphatic carbocycles. The molecular formula is C14H12Cl2FN. The minimum atomic E-state index is -0.299. The van der Waals surface area contributed by atoms with Gasteiger partial charge in [-0.1, -0.05) is 35.3 Å². The number of nitrogens with zero attached hydrogens (tertiary/aromatic N) is 1. The largest absolute Gasteiger partial charge is 0.375 e. The summed E-state index contributed by atoms with van der Waals surface area (Å²) in [5.74, 6) is -0.299. The lowest BCUT2D eigenvalue weighted by molar-refractivity contribution is 0.629. The molecule has 0 aromatic heterocycles. The van der Waals surface area contributed by atoms with Gasteiger partial charge in [0, 0.05) is 35.3 Å². The SMILES string of the molecule is CN(C)c1cccc(-c2cc(Cl)ccc2Cl)c1F. The van der Waals surface area contributed by atoms with Crippen LogP contribution in [0.15, 0.2) is 36.4 Å². The first-order valence-electron chi connectivity index (χ1n) is 5.42. The Hall–Kier alpha value is -1.25. The molecule has 4 heteroatoms. The maximum absolute atomic E-state index is 14.4. The van der Waals surface area contributed by atoms with Crippen LogP contribution in [0, 0.1) is 5.82 Å². The molecule has 0 aliphatic heterocycles. The molecule has 0 amide bonds. The van der Waals surface area contributed by atoms with E-state index in [2.05, 4.69) is 0 Å². The van der Waals surface area contributed by atoms with Crippen molar-refractivity contribution in [1.29, 1.82) is 0 Å². The Labute approximate surface area is 116 Å².